The van der Waals surface area contributed by atoms with E-state index in [0.717, 1.165) is 18.0 Å². The molecule has 3 N–H and O–H groups in total. The molecule has 2 aromatic carbocycles. The maximum absolute atomic E-state index is 5.91. The molecule has 0 aromatic heterocycles. The van der Waals surface area contributed by atoms with Crippen molar-refractivity contribution in [1.82, 2.24) is 11.1 Å². The molecule has 3 heteroatoms. The van der Waals surface area contributed by atoms with Crippen molar-refractivity contribution in [2.75, 3.05) is 13.1 Å². The van der Waals surface area contributed by atoms with Gasteiger partial charge in [-0.3, -0.25) is 4.90 Å². The Hall–Kier alpha value is -1.35. The molecule has 3 rings (SSSR count). The van der Waals surface area contributed by atoms with Gasteiger partial charge in [0.05, 0.1) is 0 Å². The lowest BCUT2D eigenvalue weighted by Gasteiger charge is -2.14. The van der Waals surface area contributed by atoms with E-state index in [-0.39, 0.29) is 6.15 Å². The summed E-state index contributed by atoms with van der Waals surface area (Å²) in [6, 6.07) is 17.1. The zero-order valence-corrected chi connectivity index (χ0v) is 13.1. The van der Waals surface area contributed by atoms with Crippen LogP contribution in [0.2, 0.25) is 5.02 Å². The molecular weight excluding hydrogens is 280 g/mol. The van der Waals surface area contributed by atoms with Crippen LogP contribution in [0.15, 0.2) is 48.5 Å². The second-order valence-electron chi connectivity index (χ2n) is 5.60. The third-order valence-electron chi connectivity index (χ3n) is 3.95. The second kappa shape index (κ2) is 7.60. The first kappa shape index (κ1) is 16.0. The first-order valence-electron chi connectivity index (χ1n) is 7.34. The zero-order chi connectivity index (χ0) is 13.8. The van der Waals surface area contributed by atoms with E-state index in [4.69, 9.17) is 11.6 Å². The summed E-state index contributed by atoms with van der Waals surface area (Å²) in [6.45, 7) is 3.61. The van der Waals surface area contributed by atoms with Crippen LogP contribution >= 0.6 is 11.6 Å². The van der Waals surface area contributed by atoms with Crippen molar-refractivity contribution in [3.63, 3.8) is 0 Å². The third kappa shape index (κ3) is 4.57. The third-order valence-corrected chi connectivity index (χ3v) is 4.20. The summed E-state index contributed by atoms with van der Waals surface area (Å²) in [4.78, 5) is 2.54. The zero-order valence-electron chi connectivity index (χ0n) is 12.4. The Bertz CT molecular complexity index is 542. The van der Waals surface area contributed by atoms with E-state index in [1.54, 1.807) is 0 Å². The average molecular weight is 303 g/mol. The number of rotatable bonds is 4. The average Bonchev–Trinajstić information content (AvgIpc) is 2.96. The van der Waals surface area contributed by atoms with E-state index in [1.165, 1.54) is 42.6 Å². The molecule has 0 bridgehead atoms. The lowest BCUT2D eigenvalue weighted by molar-refractivity contribution is 0.331. The lowest BCUT2D eigenvalue weighted by Crippen LogP contribution is -2.18. The fourth-order valence-electron chi connectivity index (χ4n) is 2.80. The van der Waals surface area contributed by atoms with Gasteiger partial charge in [-0.25, -0.2) is 0 Å². The minimum Gasteiger partial charge on any atom is -0.344 e. The van der Waals surface area contributed by atoms with Crippen LogP contribution in [-0.2, 0) is 13.0 Å². The van der Waals surface area contributed by atoms with Crippen molar-refractivity contribution >= 4 is 11.6 Å². The van der Waals surface area contributed by atoms with Crippen LogP contribution in [0.4, 0.5) is 0 Å². The maximum atomic E-state index is 5.91. The number of hydrogen-bond acceptors (Lipinski definition) is 2. The molecule has 1 saturated heterocycles. The second-order valence-corrected chi connectivity index (χ2v) is 6.04. The Balaban J connectivity index is 0.00000161. The van der Waals surface area contributed by atoms with Gasteiger partial charge in [0.2, 0.25) is 0 Å². The molecule has 1 heterocycles. The number of nitrogens with zero attached hydrogens (tertiary/aromatic N) is 1. The van der Waals surface area contributed by atoms with E-state index >= 15 is 0 Å². The Morgan fingerprint density at radius 1 is 0.762 bits per heavy atom. The summed E-state index contributed by atoms with van der Waals surface area (Å²) in [5, 5.41) is 0.801. The number of likely N-dealkylation sites (tertiary alicyclic amines) is 1. The summed E-state index contributed by atoms with van der Waals surface area (Å²) < 4.78 is 0. The molecule has 0 aliphatic carbocycles. The Morgan fingerprint density at radius 2 is 1.24 bits per heavy atom. The van der Waals surface area contributed by atoms with Crippen LogP contribution in [0.5, 0.6) is 0 Å². The van der Waals surface area contributed by atoms with Crippen molar-refractivity contribution in [3.8, 4) is 0 Å². The van der Waals surface area contributed by atoms with Crippen molar-refractivity contribution in [1.29, 1.82) is 0 Å². The molecule has 0 saturated carbocycles. The van der Waals surface area contributed by atoms with Gasteiger partial charge in [0, 0.05) is 11.6 Å². The SMILES string of the molecule is Clc1ccc(Cc2ccc(CN3CCCC3)cc2)cc1.N. The quantitative estimate of drug-likeness (QED) is 0.890. The van der Waals surface area contributed by atoms with Crippen molar-refractivity contribution in [2.24, 2.45) is 0 Å². The molecule has 21 heavy (non-hydrogen) atoms. The fraction of sp³-hybridized carbons (Fsp3) is 0.333. The predicted octanol–water partition coefficient (Wildman–Crippen LogP) is 4.69. The molecule has 2 aromatic rings. The monoisotopic (exact) mass is 302 g/mol. The summed E-state index contributed by atoms with van der Waals surface area (Å²) in [6.07, 6.45) is 3.68. The Labute approximate surface area is 132 Å². The van der Waals surface area contributed by atoms with E-state index in [0.29, 0.717) is 0 Å². The molecule has 0 spiro atoms. The minimum atomic E-state index is 0. The van der Waals surface area contributed by atoms with Gasteiger partial charge in [-0.2, -0.15) is 0 Å². The Kier molecular flexibility index (Phi) is 5.80. The minimum absolute atomic E-state index is 0. The standard InChI is InChI=1S/C18H20ClN.H3N/c19-18-9-7-16(8-10-18)13-15-3-5-17(6-4-15)14-20-11-1-2-12-20;/h3-10H,1-2,11-14H2;1H3. The highest BCUT2D eigenvalue weighted by molar-refractivity contribution is 6.30. The van der Waals surface area contributed by atoms with E-state index in [1.807, 2.05) is 12.1 Å². The van der Waals surface area contributed by atoms with Crippen LogP contribution in [-0.4, -0.2) is 18.0 Å². The van der Waals surface area contributed by atoms with Crippen molar-refractivity contribution in [2.45, 2.75) is 25.8 Å². The highest BCUT2D eigenvalue weighted by atomic mass is 35.5. The highest BCUT2D eigenvalue weighted by Gasteiger charge is 2.11. The summed E-state index contributed by atoms with van der Waals surface area (Å²) in [5.41, 5.74) is 4.09. The van der Waals surface area contributed by atoms with Gasteiger partial charge < -0.3 is 6.15 Å². The largest absolute Gasteiger partial charge is 0.344 e. The van der Waals surface area contributed by atoms with Crippen LogP contribution < -0.4 is 6.15 Å². The summed E-state index contributed by atoms with van der Waals surface area (Å²) in [5.74, 6) is 0. The first-order chi connectivity index (χ1) is 9.79. The molecule has 0 atom stereocenters. The van der Waals surface area contributed by atoms with Crippen LogP contribution in [0, 0.1) is 0 Å². The fourth-order valence-corrected chi connectivity index (χ4v) is 2.93. The van der Waals surface area contributed by atoms with Gasteiger partial charge in [-0.1, -0.05) is 48.0 Å². The van der Waals surface area contributed by atoms with Crippen LogP contribution in [0.25, 0.3) is 0 Å². The first-order valence-corrected chi connectivity index (χ1v) is 7.72. The number of hydrogen-bond donors (Lipinski definition) is 1. The Morgan fingerprint density at radius 3 is 1.81 bits per heavy atom. The molecule has 1 aliphatic rings. The molecule has 1 fully saturated rings. The number of halogens is 1. The van der Waals surface area contributed by atoms with Gasteiger partial charge in [0.15, 0.2) is 0 Å². The molecule has 0 radical (unpaired) electrons. The van der Waals surface area contributed by atoms with Crippen molar-refractivity contribution < 1.29 is 0 Å². The van der Waals surface area contributed by atoms with Crippen LogP contribution in [0.1, 0.15) is 29.5 Å². The van der Waals surface area contributed by atoms with Gasteiger partial charge in [0.1, 0.15) is 0 Å². The molecule has 0 amide bonds. The molecule has 0 unspecified atom stereocenters. The van der Waals surface area contributed by atoms with Crippen molar-refractivity contribution in [3.05, 3.63) is 70.2 Å². The van der Waals surface area contributed by atoms with E-state index in [9.17, 15) is 0 Å². The predicted molar refractivity (Wildman–Crippen MR) is 90.2 cm³/mol. The van der Waals surface area contributed by atoms with Crippen LogP contribution in [0.3, 0.4) is 0 Å². The molecular formula is C18H23ClN2. The molecule has 1 aliphatic heterocycles. The molecule has 2 nitrogen and oxygen atoms in total. The van der Waals surface area contributed by atoms with Gasteiger partial charge in [-0.15, -0.1) is 0 Å². The normalized spacial score (nSPS) is 14.9. The smallest absolute Gasteiger partial charge is 0.0406 e. The van der Waals surface area contributed by atoms with Gasteiger partial charge in [-0.05, 0) is 61.2 Å². The summed E-state index contributed by atoms with van der Waals surface area (Å²) in [7, 11) is 0. The van der Waals surface area contributed by atoms with E-state index < -0.39 is 0 Å². The summed E-state index contributed by atoms with van der Waals surface area (Å²) >= 11 is 5.91. The maximum Gasteiger partial charge on any atom is 0.0406 e. The molecule has 112 valence electrons. The lowest BCUT2D eigenvalue weighted by atomic mass is 10.0. The topological polar surface area (TPSA) is 38.2 Å². The van der Waals surface area contributed by atoms with Gasteiger partial charge in [0.25, 0.3) is 0 Å². The van der Waals surface area contributed by atoms with Gasteiger partial charge >= 0.3 is 0 Å². The highest BCUT2D eigenvalue weighted by Crippen LogP contribution is 2.16. The number of benzene rings is 2. The van der Waals surface area contributed by atoms with E-state index in [2.05, 4.69) is 41.3 Å².